The molecule has 1 aromatic heterocycles. The summed E-state index contributed by atoms with van der Waals surface area (Å²) >= 11 is 1.63. The maximum absolute atomic E-state index is 8.30. The number of anilines is 1. The molecule has 2 aliphatic rings. The third kappa shape index (κ3) is 3.79. The molecular formula is C21H27N3OS. The molecule has 1 N–H and O–H groups in total. The van der Waals surface area contributed by atoms with E-state index in [9.17, 15) is 0 Å². The number of thiophene rings is 1. The molecule has 2 aliphatic heterocycles. The molecule has 0 aliphatic carbocycles. The van der Waals surface area contributed by atoms with E-state index in [2.05, 4.69) is 35.0 Å². The smallest absolute Gasteiger partial charge is 0.142 e. The van der Waals surface area contributed by atoms with Crippen LogP contribution in [0.1, 0.15) is 29.7 Å². The first-order chi connectivity index (χ1) is 12.7. The number of hydrogen-bond donors (Lipinski definition) is 1. The SMILES string of the molecule is CN1CCCC1CCN1CCOc2cc(CC(=N)c3cccs3)ccc21. The molecule has 0 spiro atoms. The van der Waals surface area contributed by atoms with E-state index in [1.54, 1.807) is 11.3 Å². The molecule has 0 radical (unpaired) electrons. The van der Waals surface area contributed by atoms with Gasteiger partial charge in [-0.05, 0) is 62.0 Å². The highest BCUT2D eigenvalue weighted by atomic mass is 32.1. The molecule has 1 fully saturated rings. The van der Waals surface area contributed by atoms with Gasteiger partial charge in [0.25, 0.3) is 0 Å². The molecular weight excluding hydrogens is 342 g/mol. The summed E-state index contributed by atoms with van der Waals surface area (Å²) in [4.78, 5) is 6.02. The zero-order chi connectivity index (χ0) is 17.9. The maximum Gasteiger partial charge on any atom is 0.142 e. The van der Waals surface area contributed by atoms with Gasteiger partial charge in [0.05, 0.1) is 17.9 Å². The van der Waals surface area contributed by atoms with Gasteiger partial charge in [-0.3, -0.25) is 0 Å². The zero-order valence-electron chi connectivity index (χ0n) is 15.4. The summed E-state index contributed by atoms with van der Waals surface area (Å²) in [5.41, 5.74) is 3.04. The van der Waals surface area contributed by atoms with E-state index in [4.69, 9.17) is 10.1 Å². The minimum Gasteiger partial charge on any atom is -0.490 e. The van der Waals surface area contributed by atoms with Crippen molar-refractivity contribution in [1.82, 2.24) is 4.90 Å². The summed E-state index contributed by atoms with van der Waals surface area (Å²) < 4.78 is 5.94. The molecule has 3 heterocycles. The second-order valence-corrected chi connectivity index (χ2v) is 8.28. The van der Waals surface area contributed by atoms with Crippen molar-refractivity contribution in [2.45, 2.75) is 31.7 Å². The fourth-order valence-electron chi connectivity index (χ4n) is 4.05. The van der Waals surface area contributed by atoms with Crippen molar-refractivity contribution in [1.29, 1.82) is 5.41 Å². The monoisotopic (exact) mass is 369 g/mol. The van der Waals surface area contributed by atoms with Crippen molar-refractivity contribution in [2.75, 3.05) is 38.2 Å². The van der Waals surface area contributed by atoms with Gasteiger partial charge in [-0.1, -0.05) is 12.1 Å². The number of hydrogen-bond acceptors (Lipinski definition) is 5. The van der Waals surface area contributed by atoms with Crippen LogP contribution < -0.4 is 9.64 Å². The maximum atomic E-state index is 8.30. The van der Waals surface area contributed by atoms with Crippen molar-refractivity contribution in [2.24, 2.45) is 0 Å². The number of rotatable bonds is 6. The molecule has 1 saturated heterocycles. The van der Waals surface area contributed by atoms with Crippen LogP contribution in [0.4, 0.5) is 5.69 Å². The van der Waals surface area contributed by atoms with E-state index in [-0.39, 0.29) is 0 Å². The lowest BCUT2D eigenvalue weighted by molar-refractivity contribution is 0.284. The number of ether oxygens (including phenoxy) is 1. The first kappa shape index (κ1) is 17.6. The summed E-state index contributed by atoms with van der Waals surface area (Å²) in [5.74, 6) is 0.979. The Kier molecular flexibility index (Phi) is 5.27. The summed E-state index contributed by atoms with van der Waals surface area (Å²) in [5, 5.41) is 10.3. The van der Waals surface area contributed by atoms with Crippen LogP contribution in [-0.2, 0) is 6.42 Å². The molecule has 0 saturated carbocycles. The van der Waals surface area contributed by atoms with E-state index >= 15 is 0 Å². The molecule has 2 aromatic rings. The van der Waals surface area contributed by atoms with Crippen molar-refractivity contribution >= 4 is 22.7 Å². The lowest BCUT2D eigenvalue weighted by Gasteiger charge is -2.33. The molecule has 1 unspecified atom stereocenters. The molecule has 0 amide bonds. The van der Waals surface area contributed by atoms with E-state index in [0.29, 0.717) is 12.1 Å². The van der Waals surface area contributed by atoms with Crippen LogP contribution in [0.3, 0.4) is 0 Å². The Labute approximate surface area is 159 Å². The molecule has 5 heteroatoms. The first-order valence-corrected chi connectivity index (χ1v) is 10.4. The molecule has 138 valence electrons. The highest BCUT2D eigenvalue weighted by Crippen LogP contribution is 2.33. The number of fused-ring (bicyclic) bond motifs is 1. The largest absolute Gasteiger partial charge is 0.490 e. The minimum absolute atomic E-state index is 0.657. The Hall–Kier alpha value is -1.85. The van der Waals surface area contributed by atoms with E-state index < -0.39 is 0 Å². The average Bonchev–Trinajstić information content (AvgIpc) is 3.31. The standard InChI is InChI=1S/C21H27N3OS/c1-23-9-2-4-17(23)8-10-24-11-12-25-20-15-16(6-7-19(20)24)14-18(22)21-5-3-13-26-21/h3,5-7,13,15,17,22H,2,4,8-12,14H2,1H3. The lowest BCUT2D eigenvalue weighted by atomic mass is 10.0. The summed E-state index contributed by atoms with van der Waals surface area (Å²) in [6.07, 6.45) is 4.54. The van der Waals surface area contributed by atoms with Crippen LogP contribution >= 0.6 is 11.3 Å². The Morgan fingerprint density at radius 2 is 2.23 bits per heavy atom. The van der Waals surface area contributed by atoms with Gasteiger partial charge in [0.2, 0.25) is 0 Å². The van der Waals surface area contributed by atoms with Gasteiger partial charge in [-0.2, -0.15) is 0 Å². The third-order valence-electron chi connectivity index (χ3n) is 5.59. The quantitative estimate of drug-likeness (QED) is 0.781. The Morgan fingerprint density at radius 1 is 1.31 bits per heavy atom. The fraction of sp³-hybridized carbons (Fsp3) is 0.476. The first-order valence-electron chi connectivity index (χ1n) is 9.53. The van der Waals surface area contributed by atoms with Crippen LogP contribution in [0.5, 0.6) is 5.75 Å². The second kappa shape index (κ2) is 7.80. The van der Waals surface area contributed by atoms with Gasteiger partial charge >= 0.3 is 0 Å². The number of benzene rings is 1. The Bertz CT molecular complexity index is 759. The van der Waals surface area contributed by atoms with E-state index in [1.807, 2.05) is 17.5 Å². The van der Waals surface area contributed by atoms with Gasteiger partial charge in [0, 0.05) is 23.9 Å². The van der Waals surface area contributed by atoms with Crippen molar-refractivity contribution in [3.05, 3.63) is 46.2 Å². The molecule has 26 heavy (non-hydrogen) atoms. The topological polar surface area (TPSA) is 39.6 Å². The predicted molar refractivity (Wildman–Crippen MR) is 109 cm³/mol. The number of likely N-dealkylation sites (tertiary alicyclic amines) is 1. The molecule has 0 bridgehead atoms. The van der Waals surface area contributed by atoms with E-state index in [0.717, 1.165) is 41.9 Å². The minimum atomic E-state index is 0.657. The summed E-state index contributed by atoms with van der Waals surface area (Å²) in [7, 11) is 2.25. The normalized spacial score (nSPS) is 20.0. The van der Waals surface area contributed by atoms with E-state index in [1.165, 1.54) is 31.5 Å². The summed E-state index contributed by atoms with van der Waals surface area (Å²) in [6.45, 7) is 4.05. The fourth-order valence-corrected chi connectivity index (χ4v) is 4.73. The average molecular weight is 370 g/mol. The number of nitrogens with one attached hydrogen (secondary N) is 1. The van der Waals surface area contributed by atoms with Crippen LogP contribution in [0.15, 0.2) is 35.7 Å². The Morgan fingerprint density at radius 3 is 3.00 bits per heavy atom. The van der Waals surface area contributed by atoms with Gasteiger partial charge in [0.15, 0.2) is 0 Å². The second-order valence-electron chi connectivity index (χ2n) is 7.34. The van der Waals surface area contributed by atoms with Crippen molar-refractivity contribution in [3.63, 3.8) is 0 Å². The van der Waals surface area contributed by atoms with Crippen LogP contribution in [0.25, 0.3) is 0 Å². The van der Waals surface area contributed by atoms with Gasteiger partial charge < -0.3 is 19.9 Å². The summed E-state index contributed by atoms with van der Waals surface area (Å²) in [6, 6.07) is 11.2. The van der Waals surface area contributed by atoms with Crippen molar-refractivity contribution < 1.29 is 4.74 Å². The van der Waals surface area contributed by atoms with Gasteiger partial charge in [-0.25, -0.2) is 0 Å². The van der Waals surface area contributed by atoms with Gasteiger partial charge in [0.1, 0.15) is 12.4 Å². The zero-order valence-corrected chi connectivity index (χ0v) is 16.2. The van der Waals surface area contributed by atoms with Crippen LogP contribution in [-0.4, -0.2) is 49.9 Å². The van der Waals surface area contributed by atoms with Crippen LogP contribution in [0, 0.1) is 5.41 Å². The van der Waals surface area contributed by atoms with Crippen molar-refractivity contribution in [3.8, 4) is 5.75 Å². The Balaban J connectivity index is 1.42. The molecule has 4 rings (SSSR count). The lowest BCUT2D eigenvalue weighted by Crippen LogP contribution is -2.36. The molecule has 1 aromatic carbocycles. The molecule has 4 nitrogen and oxygen atoms in total. The highest BCUT2D eigenvalue weighted by molar-refractivity contribution is 7.12. The number of nitrogens with zero attached hydrogens (tertiary/aromatic N) is 2. The molecule has 1 atom stereocenters. The third-order valence-corrected chi connectivity index (χ3v) is 6.52. The predicted octanol–water partition coefficient (Wildman–Crippen LogP) is 4.04. The van der Waals surface area contributed by atoms with Gasteiger partial charge in [-0.15, -0.1) is 11.3 Å². The highest BCUT2D eigenvalue weighted by Gasteiger charge is 2.24. The van der Waals surface area contributed by atoms with Crippen LogP contribution in [0.2, 0.25) is 0 Å².